The third kappa shape index (κ3) is 6.93. The first kappa shape index (κ1) is 24.5. The minimum Gasteiger partial charge on any atom is -0.496 e. The van der Waals surface area contributed by atoms with E-state index in [2.05, 4.69) is 15.5 Å². The number of aryl methyl sites for hydroxylation is 1. The second-order valence-corrected chi connectivity index (χ2v) is 8.92. The van der Waals surface area contributed by atoms with Gasteiger partial charge in [-0.2, -0.15) is 0 Å². The van der Waals surface area contributed by atoms with Crippen molar-refractivity contribution in [3.05, 3.63) is 107 Å². The summed E-state index contributed by atoms with van der Waals surface area (Å²) in [6.45, 7) is 0.992. The molecule has 0 aliphatic heterocycles. The summed E-state index contributed by atoms with van der Waals surface area (Å²) in [6.07, 6.45) is 0.745. The van der Waals surface area contributed by atoms with Gasteiger partial charge in [-0.3, -0.25) is 4.79 Å². The molecule has 0 fully saturated rings. The van der Waals surface area contributed by atoms with Crippen molar-refractivity contribution >= 4 is 17.7 Å². The Morgan fingerprint density at radius 3 is 2.57 bits per heavy atom. The van der Waals surface area contributed by atoms with Crippen LogP contribution in [0.25, 0.3) is 0 Å². The average Bonchev–Trinajstić information content (AvgIpc) is 3.26. The molecular weight excluding hydrogens is 463 g/mol. The molecule has 1 N–H and O–H groups in total. The Kier molecular flexibility index (Phi) is 8.51. The lowest BCUT2D eigenvalue weighted by Crippen LogP contribution is -2.23. The van der Waals surface area contributed by atoms with Crippen molar-refractivity contribution in [3.63, 3.8) is 0 Å². The van der Waals surface area contributed by atoms with Crippen molar-refractivity contribution in [1.82, 2.24) is 20.1 Å². The standard InChI is InChI=1S/C27H27FN4O2S/c1-34-24-13-6-5-11-22(24)17-29-26(33)15-14-25-30-31-27(32(25)18-20-8-3-2-4-9-20)35-19-21-10-7-12-23(28)16-21/h2-13,16H,14-15,17-19H2,1H3,(H,29,33). The maximum Gasteiger partial charge on any atom is 0.220 e. The summed E-state index contributed by atoms with van der Waals surface area (Å²) in [5.41, 5.74) is 2.91. The summed E-state index contributed by atoms with van der Waals surface area (Å²) in [6, 6.07) is 24.2. The van der Waals surface area contributed by atoms with Crippen LogP contribution in [0.2, 0.25) is 0 Å². The number of aromatic nitrogens is 3. The molecule has 0 saturated carbocycles. The highest BCUT2D eigenvalue weighted by molar-refractivity contribution is 7.98. The summed E-state index contributed by atoms with van der Waals surface area (Å²) >= 11 is 1.50. The second kappa shape index (κ2) is 12.2. The van der Waals surface area contributed by atoms with Crippen LogP contribution in [0.4, 0.5) is 4.39 Å². The number of nitrogens with one attached hydrogen (secondary N) is 1. The van der Waals surface area contributed by atoms with Gasteiger partial charge in [-0.25, -0.2) is 4.39 Å². The van der Waals surface area contributed by atoms with Crippen molar-refractivity contribution in [3.8, 4) is 5.75 Å². The highest BCUT2D eigenvalue weighted by atomic mass is 32.2. The molecule has 4 rings (SSSR count). The van der Waals surface area contributed by atoms with Gasteiger partial charge < -0.3 is 14.6 Å². The number of benzene rings is 3. The van der Waals surface area contributed by atoms with Crippen LogP contribution in [-0.2, 0) is 30.1 Å². The third-order valence-corrected chi connectivity index (χ3v) is 6.52. The molecular formula is C27H27FN4O2S. The maximum atomic E-state index is 13.6. The molecule has 35 heavy (non-hydrogen) atoms. The Hall–Kier alpha value is -3.65. The number of nitrogens with zero attached hydrogens (tertiary/aromatic N) is 3. The lowest BCUT2D eigenvalue weighted by molar-refractivity contribution is -0.121. The van der Waals surface area contributed by atoms with E-state index < -0.39 is 0 Å². The molecule has 0 aliphatic carbocycles. The summed E-state index contributed by atoms with van der Waals surface area (Å²) < 4.78 is 20.9. The summed E-state index contributed by atoms with van der Waals surface area (Å²) in [4.78, 5) is 12.6. The fourth-order valence-electron chi connectivity index (χ4n) is 3.67. The molecule has 0 saturated heterocycles. The zero-order valence-corrected chi connectivity index (χ0v) is 20.3. The predicted molar refractivity (Wildman–Crippen MR) is 135 cm³/mol. The van der Waals surface area contributed by atoms with Gasteiger partial charge >= 0.3 is 0 Å². The lowest BCUT2D eigenvalue weighted by atomic mass is 10.2. The van der Waals surface area contributed by atoms with E-state index in [-0.39, 0.29) is 18.1 Å². The summed E-state index contributed by atoms with van der Waals surface area (Å²) in [5.74, 6) is 1.73. The Morgan fingerprint density at radius 2 is 1.77 bits per heavy atom. The maximum absolute atomic E-state index is 13.6. The van der Waals surface area contributed by atoms with E-state index in [0.717, 1.165) is 33.4 Å². The zero-order chi connectivity index (χ0) is 24.5. The van der Waals surface area contributed by atoms with E-state index in [0.29, 0.717) is 25.3 Å². The minimum absolute atomic E-state index is 0.0702. The van der Waals surface area contributed by atoms with Gasteiger partial charge in [-0.15, -0.1) is 10.2 Å². The molecule has 1 amide bonds. The van der Waals surface area contributed by atoms with Crippen LogP contribution in [-0.4, -0.2) is 27.8 Å². The second-order valence-electron chi connectivity index (χ2n) is 7.98. The number of hydrogen-bond donors (Lipinski definition) is 1. The number of amides is 1. The van der Waals surface area contributed by atoms with Gasteiger partial charge in [0.2, 0.25) is 5.91 Å². The van der Waals surface area contributed by atoms with Crippen molar-refractivity contribution < 1.29 is 13.9 Å². The Labute approximate surface area is 208 Å². The van der Waals surface area contributed by atoms with Gasteiger partial charge in [0.15, 0.2) is 5.16 Å². The molecule has 0 unspecified atom stereocenters. The topological polar surface area (TPSA) is 69.0 Å². The highest BCUT2D eigenvalue weighted by Gasteiger charge is 2.15. The summed E-state index contributed by atoms with van der Waals surface area (Å²) in [5, 5.41) is 12.4. The van der Waals surface area contributed by atoms with Crippen molar-refractivity contribution in [2.45, 2.75) is 36.8 Å². The van der Waals surface area contributed by atoms with Gasteiger partial charge in [-0.1, -0.05) is 72.4 Å². The van der Waals surface area contributed by atoms with Crippen LogP contribution >= 0.6 is 11.8 Å². The van der Waals surface area contributed by atoms with Crippen LogP contribution in [0.15, 0.2) is 84.0 Å². The molecule has 6 nitrogen and oxygen atoms in total. The van der Waals surface area contributed by atoms with Gasteiger partial charge in [0.1, 0.15) is 17.4 Å². The molecule has 3 aromatic carbocycles. The van der Waals surface area contributed by atoms with Gasteiger partial charge in [0.25, 0.3) is 0 Å². The molecule has 180 valence electrons. The Bertz CT molecular complexity index is 1260. The SMILES string of the molecule is COc1ccccc1CNC(=O)CCc1nnc(SCc2cccc(F)c2)n1Cc1ccccc1. The predicted octanol–water partition coefficient (Wildman–Crippen LogP) is 5.02. The number of hydrogen-bond acceptors (Lipinski definition) is 5. The fourth-order valence-corrected chi connectivity index (χ4v) is 4.57. The molecule has 0 spiro atoms. The Morgan fingerprint density at radius 1 is 1.00 bits per heavy atom. The van der Waals surface area contributed by atoms with E-state index in [4.69, 9.17) is 4.74 Å². The van der Waals surface area contributed by atoms with E-state index in [1.54, 1.807) is 13.2 Å². The van der Waals surface area contributed by atoms with Gasteiger partial charge in [0, 0.05) is 30.7 Å². The molecule has 8 heteroatoms. The summed E-state index contributed by atoms with van der Waals surface area (Å²) in [7, 11) is 1.62. The van der Waals surface area contributed by atoms with Crippen LogP contribution in [0, 0.1) is 5.82 Å². The monoisotopic (exact) mass is 490 g/mol. The number of carbonyl (C=O) groups is 1. The first-order valence-electron chi connectivity index (χ1n) is 11.3. The van der Waals surface area contributed by atoms with Crippen molar-refractivity contribution in [1.29, 1.82) is 0 Å². The van der Waals surface area contributed by atoms with Crippen LogP contribution < -0.4 is 10.1 Å². The van der Waals surface area contributed by atoms with Gasteiger partial charge in [0.05, 0.1) is 13.7 Å². The van der Waals surface area contributed by atoms with E-state index in [1.165, 1.54) is 23.9 Å². The van der Waals surface area contributed by atoms with E-state index in [9.17, 15) is 9.18 Å². The fraction of sp³-hybridized carbons (Fsp3) is 0.222. The number of rotatable bonds is 11. The van der Waals surface area contributed by atoms with Crippen LogP contribution in [0.5, 0.6) is 5.75 Å². The number of methoxy groups -OCH3 is 1. The highest BCUT2D eigenvalue weighted by Crippen LogP contribution is 2.24. The zero-order valence-electron chi connectivity index (χ0n) is 19.5. The minimum atomic E-state index is -0.256. The largest absolute Gasteiger partial charge is 0.496 e. The number of para-hydroxylation sites is 1. The van der Waals surface area contributed by atoms with Crippen LogP contribution in [0.3, 0.4) is 0 Å². The molecule has 0 aliphatic rings. The molecule has 0 radical (unpaired) electrons. The van der Waals surface area contributed by atoms with E-state index in [1.807, 2.05) is 65.2 Å². The van der Waals surface area contributed by atoms with Crippen LogP contribution in [0.1, 0.15) is 28.9 Å². The van der Waals surface area contributed by atoms with Crippen molar-refractivity contribution in [2.24, 2.45) is 0 Å². The Balaban J connectivity index is 1.42. The third-order valence-electron chi connectivity index (χ3n) is 5.48. The average molecular weight is 491 g/mol. The normalized spacial score (nSPS) is 10.8. The molecule has 0 bridgehead atoms. The van der Waals surface area contributed by atoms with E-state index >= 15 is 0 Å². The molecule has 0 atom stereocenters. The molecule has 1 aromatic heterocycles. The number of carbonyl (C=O) groups excluding carboxylic acids is 1. The smallest absolute Gasteiger partial charge is 0.220 e. The number of thioether (sulfide) groups is 1. The quantitative estimate of drug-likeness (QED) is 0.299. The van der Waals surface area contributed by atoms with Crippen molar-refractivity contribution in [2.75, 3.05) is 7.11 Å². The lowest BCUT2D eigenvalue weighted by Gasteiger charge is -2.11. The number of ether oxygens (including phenoxy) is 1. The van der Waals surface area contributed by atoms with Gasteiger partial charge in [-0.05, 0) is 29.3 Å². The number of halogens is 1. The first-order chi connectivity index (χ1) is 17.1. The molecule has 1 heterocycles. The molecule has 4 aromatic rings. The first-order valence-corrected chi connectivity index (χ1v) is 12.3.